The van der Waals surface area contributed by atoms with Crippen LogP contribution in [0.25, 0.3) is 22.6 Å². The van der Waals surface area contributed by atoms with Crippen molar-refractivity contribution in [3.8, 4) is 17.2 Å². The van der Waals surface area contributed by atoms with Crippen LogP contribution in [0.1, 0.15) is 44.2 Å². The molecule has 0 bridgehead atoms. The molecule has 2 N–H and O–H groups in total. The summed E-state index contributed by atoms with van der Waals surface area (Å²) in [5, 5.41) is 5.84. The lowest BCUT2D eigenvalue weighted by atomic mass is 9.98. The van der Waals surface area contributed by atoms with Crippen molar-refractivity contribution >= 4 is 40.0 Å². The Bertz CT molecular complexity index is 1310. The van der Waals surface area contributed by atoms with Crippen LogP contribution < -0.4 is 15.4 Å². The molecule has 0 saturated heterocycles. The van der Waals surface area contributed by atoms with E-state index in [1.165, 1.54) is 11.1 Å². The van der Waals surface area contributed by atoms with E-state index in [1.54, 1.807) is 0 Å². The predicted molar refractivity (Wildman–Crippen MR) is 144 cm³/mol. The largest absolute Gasteiger partial charge is 0.484 e. The molecule has 0 aliphatic carbocycles. The molecule has 0 saturated carbocycles. The number of fused-ring (bicyclic) bond motifs is 1. The molecular weight excluding hydrogens is 458 g/mol. The summed E-state index contributed by atoms with van der Waals surface area (Å²) < 4.78 is 11.5. The van der Waals surface area contributed by atoms with Crippen molar-refractivity contribution in [2.24, 2.45) is 0 Å². The monoisotopic (exact) mass is 487 g/mol. The van der Waals surface area contributed by atoms with E-state index < -0.39 is 0 Å². The highest BCUT2D eigenvalue weighted by molar-refractivity contribution is 7.80. The lowest BCUT2D eigenvalue weighted by molar-refractivity contribution is -0.121. The van der Waals surface area contributed by atoms with Gasteiger partial charge in [-0.3, -0.25) is 10.1 Å². The molecule has 1 atom stereocenters. The lowest BCUT2D eigenvalue weighted by Gasteiger charge is -2.11. The molecule has 180 valence electrons. The fourth-order valence-electron chi connectivity index (χ4n) is 3.60. The number of benzene rings is 3. The van der Waals surface area contributed by atoms with E-state index >= 15 is 0 Å². The zero-order chi connectivity index (χ0) is 24.8. The van der Waals surface area contributed by atoms with Gasteiger partial charge in [0.1, 0.15) is 11.3 Å². The van der Waals surface area contributed by atoms with Gasteiger partial charge in [-0.2, -0.15) is 0 Å². The zero-order valence-electron chi connectivity index (χ0n) is 20.1. The first-order chi connectivity index (χ1) is 16.9. The van der Waals surface area contributed by atoms with Gasteiger partial charge in [-0.15, -0.1) is 0 Å². The number of rotatable bonds is 8. The van der Waals surface area contributed by atoms with Crippen molar-refractivity contribution in [1.82, 2.24) is 10.3 Å². The highest BCUT2D eigenvalue weighted by Gasteiger charge is 2.12. The van der Waals surface area contributed by atoms with Gasteiger partial charge in [0.05, 0.1) is 0 Å². The molecule has 7 heteroatoms. The number of hydrogen-bond donors (Lipinski definition) is 2. The molecule has 4 aromatic rings. The van der Waals surface area contributed by atoms with E-state index in [0.29, 0.717) is 17.6 Å². The number of oxazole rings is 1. The summed E-state index contributed by atoms with van der Waals surface area (Å²) in [4.78, 5) is 16.8. The molecule has 6 nitrogen and oxygen atoms in total. The molecule has 0 radical (unpaired) electrons. The fraction of sp³-hybridized carbons (Fsp3) is 0.250. The predicted octanol–water partition coefficient (Wildman–Crippen LogP) is 6.46. The number of hydrogen-bond acceptors (Lipinski definition) is 5. The Morgan fingerprint density at radius 3 is 2.49 bits per heavy atom. The molecule has 0 aliphatic rings. The van der Waals surface area contributed by atoms with Crippen molar-refractivity contribution in [3.05, 3.63) is 77.9 Å². The smallest absolute Gasteiger partial charge is 0.264 e. The number of ether oxygens (including phenoxy) is 1. The quantitative estimate of drug-likeness (QED) is 0.278. The number of carbonyl (C=O) groups is 1. The lowest BCUT2D eigenvalue weighted by Crippen LogP contribution is -2.37. The highest BCUT2D eigenvalue weighted by atomic mass is 32.1. The van der Waals surface area contributed by atoms with Gasteiger partial charge in [-0.05, 0) is 90.6 Å². The number of nitrogens with one attached hydrogen (secondary N) is 2. The van der Waals surface area contributed by atoms with E-state index in [0.717, 1.165) is 35.2 Å². The number of aryl methyl sites for hydroxylation is 1. The number of amides is 1. The van der Waals surface area contributed by atoms with Crippen LogP contribution in [0.2, 0.25) is 0 Å². The molecule has 0 aliphatic heterocycles. The first-order valence-corrected chi connectivity index (χ1v) is 12.2. The summed E-state index contributed by atoms with van der Waals surface area (Å²) in [6.07, 6.45) is 2.03. The number of aromatic nitrogens is 1. The summed E-state index contributed by atoms with van der Waals surface area (Å²) in [5.74, 6) is 1.35. The summed E-state index contributed by atoms with van der Waals surface area (Å²) in [5.41, 5.74) is 5.69. The highest BCUT2D eigenvalue weighted by Crippen LogP contribution is 2.28. The zero-order valence-corrected chi connectivity index (χ0v) is 20.9. The Labute approximate surface area is 210 Å². The Hall–Kier alpha value is -3.71. The maximum Gasteiger partial charge on any atom is 0.264 e. The molecule has 1 unspecified atom stereocenters. The van der Waals surface area contributed by atoms with E-state index in [-0.39, 0.29) is 17.6 Å². The van der Waals surface area contributed by atoms with Gasteiger partial charge in [-0.25, -0.2) is 4.98 Å². The number of nitrogens with zero attached hydrogens (tertiary/aromatic N) is 1. The van der Waals surface area contributed by atoms with Crippen molar-refractivity contribution in [2.45, 2.75) is 39.5 Å². The Balaban J connectivity index is 1.32. The Morgan fingerprint density at radius 1 is 1.06 bits per heavy atom. The normalized spacial score (nSPS) is 11.7. The van der Waals surface area contributed by atoms with E-state index in [2.05, 4.69) is 48.5 Å². The van der Waals surface area contributed by atoms with Crippen LogP contribution in [-0.2, 0) is 11.2 Å². The van der Waals surface area contributed by atoms with Crippen LogP contribution in [-0.4, -0.2) is 22.6 Å². The molecule has 35 heavy (non-hydrogen) atoms. The molecule has 0 spiro atoms. The van der Waals surface area contributed by atoms with Crippen LogP contribution in [0.15, 0.2) is 71.1 Å². The second-order valence-corrected chi connectivity index (χ2v) is 8.83. The molecule has 1 heterocycles. The van der Waals surface area contributed by atoms with Gasteiger partial charge in [-0.1, -0.05) is 39.0 Å². The minimum atomic E-state index is -0.332. The van der Waals surface area contributed by atoms with Crippen LogP contribution in [0.4, 0.5) is 5.69 Å². The van der Waals surface area contributed by atoms with Crippen molar-refractivity contribution in [3.63, 3.8) is 0 Å². The third kappa shape index (κ3) is 6.25. The van der Waals surface area contributed by atoms with Crippen LogP contribution >= 0.6 is 12.2 Å². The number of carbonyl (C=O) groups excluding carboxylic acids is 1. The molecule has 4 rings (SSSR count). The summed E-state index contributed by atoms with van der Waals surface area (Å²) in [7, 11) is 0. The van der Waals surface area contributed by atoms with Crippen molar-refractivity contribution < 1.29 is 13.9 Å². The molecular formula is C28H29N3O3S. The van der Waals surface area contributed by atoms with E-state index in [1.807, 2.05) is 54.6 Å². The van der Waals surface area contributed by atoms with Crippen LogP contribution in [0, 0.1) is 0 Å². The Morgan fingerprint density at radius 2 is 1.80 bits per heavy atom. The summed E-state index contributed by atoms with van der Waals surface area (Å²) in [6, 6.07) is 21.4. The maximum absolute atomic E-state index is 12.2. The van der Waals surface area contributed by atoms with Crippen molar-refractivity contribution in [1.29, 1.82) is 0 Å². The average molecular weight is 488 g/mol. The van der Waals surface area contributed by atoms with Gasteiger partial charge < -0.3 is 14.5 Å². The minimum absolute atomic E-state index is 0.122. The maximum atomic E-state index is 12.2. The van der Waals surface area contributed by atoms with E-state index in [9.17, 15) is 4.79 Å². The van der Waals surface area contributed by atoms with E-state index in [4.69, 9.17) is 21.4 Å². The first kappa shape index (κ1) is 24.4. The number of thiocarbonyl (C=S) groups is 1. The third-order valence-electron chi connectivity index (χ3n) is 5.94. The molecule has 3 aromatic carbocycles. The van der Waals surface area contributed by atoms with Crippen LogP contribution in [0.3, 0.4) is 0 Å². The topological polar surface area (TPSA) is 76.4 Å². The van der Waals surface area contributed by atoms with Gasteiger partial charge >= 0.3 is 0 Å². The van der Waals surface area contributed by atoms with Crippen molar-refractivity contribution in [2.75, 3.05) is 11.9 Å². The first-order valence-electron chi connectivity index (χ1n) is 11.8. The minimum Gasteiger partial charge on any atom is -0.484 e. The second-order valence-electron chi connectivity index (χ2n) is 8.42. The van der Waals surface area contributed by atoms with Gasteiger partial charge in [0.15, 0.2) is 17.3 Å². The fourth-order valence-corrected chi connectivity index (χ4v) is 3.83. The molecule has 1 aromatic heterocycles. The molecule has 0 fully saturated rings. The van der Waals surface area contributed by atoms with Crippen LogP contribution in [0.5, 0.6) is 5.75 Å². The van der Waals surface area contributed by atoms with Gasteiger partial charge in [0, 0.05) is 11.3 Å². The van der Waals surface area contributed by atoms with Gasteiger partial charge in [0.25, 0.3) is 5.91 Å². The molecule has 1 amide bonds. The van der Waals surface area contributed by atoms with Gasteiger partial charge in [0.2, 0.25) is 5.89 Å². The number of anilines is 1. The average Bonchev–Trinajstić information content (AvgIpc) is 3.31. The standard InChI is InChI=1S/C28H29N3O3S/c1-4-18(3)21-10-15-25-24(16-21)30-27(34-25)20-8-11-22(12-9-20)29-28(35)31-26(32)17-33-23-13-6-19(5-2)7-14-23/h6-16,18H,4-5,17H2,1-3H3,(H2,29,31,32,35). The second kappa shape index (κ2) is 11.1. The summed E-state index contributed by atoms with van der Waals surface area (Å²) in [6.45, 7) is 6.35. The Kier molecular flexibility index (Phi) is 7.77. The SMILES string of the molecule is CCc1ccc(OCC(=O)NC(=S)Nc2ccc(-c3nc4cc(C(C)CC)ccc4o3)cc2)cc1. The third-order valence-corrected chi connectivity index (χ3v) is 6.14. The summed E-state index contributed by atoms with van der Waals surface area (Å²) >= 11 is 5.26.